The van der Waals surface area contributed by atoms with E-state index in [1.807, 2.05) is 0 Å². The van der Waals surface area contributed by atoms with Gasteiger partial charge in [-0.1, -0.05) is 19.9 Å². The first kappa shape index (κ1) is 14.1. The quantitative estimate of drug-likeness (QED) is 0.839. The highest BCUT2D eigenvalue weighted by atomic mass is 16.4. The molecule has 20 heavy (non-hydrogen) atoms. The third kappa shape index (κ3) is 1.86. The second kappa shape index (κ2) is 4.67. The number of hydrogen-bond donors (Lipinski definition) is 2. The SMILES string of the molecule is CC(C)[C@](C)(C(=O)O)n1ccc2c(N)cccc2c1=O. The van der Waals surface area contributed by atoms with Crippen molar-refractivity contribution in [1.82, 2.24) is 4.57 Å². The van der Waals surface area contributed by atoms with E-state index >= 15 is 0 Å². The molecule has 0 aliphatic carbocycles. The van der Waals surface area contributed by atoms with Crippen molar-refractivity contribution in [2.24, 2.45) is 5.92 Å². The molecule has 0 bridgehead atoms. The van der Waals surface area contributed by atoms with E-state index in [2.05, 4.69) is 0 Å². The van der Waals surface area contributed by atoms with Crippen LogP contribution >= 0.6 is 0 Å². The van der Waals surface area contributed by atoms with Gasteiger partial charge in [-0.15, -0.1) is 0 Å². The summed E-state index contributed by atoms with van der Waals surface area (Å²) in [7, 11) is 0. The highest BCUT2D eigenvalue weighted by Crippen LogP contribution is 2.26. The van der Waals surface area contributed by atoms with Gasteiger partial charge in [-0.3, -0.25) is 9.36 Å². The number of pyridine rings is 1. The molecule has 106 valence electrons. The van der Waals surface area contributed by atoms with Gasteiger partial charge in [-0.25, -0.2) is 4.79 Å². The summed E-state index contributed by atoms with van der Waals surface area (Å²) in [4.78, 5) is 24.2. The summed E-state index contributed by atoms with van der Waals surface area (Å²) >= 11 is 0. The van der Waals surface area contributed by atoms with Gasteiger partial charge in [0.25, 0.3) is 5.56 Å². The van der Waals surface area contributed by atoms with Gasteiger partial charge < -0.3 is 10.8 Å². The maximum absolute atomic E-state index is 12.6. The van der Waals surface area contributed by atoms with Crippen molar-refractivity contribution in [1.29, 1.82) is 0 Å². The molecule has 2 rings (SSSR count). The Bertz CT molecular complexity index is 733. The molecule has 0 aliphatic rings. The summed E-state index contributed by atoms with van der Waals surface area (Å²) in [6.07, 6.45) is 1.51. The number of anilines is 1. The molecule has 5 nitrogen and oxygen atoms in total. The van der Waals surface area contributed by atoms with Crippen LogP contribution in [-0.2, 0) is 10.3 Å². The Morgan fingerprint density at radius 2 is 1.95 bits per heavy atom. The molecule has 3 N–H and O–H groups in total. The zero-order chi connectivity index (χ0) is 15.1. The maximum Gasteiger partial charge on any atom is 0.329 e. The Kier molecular flexibility index (Phi) is 3.29. The van der Waals surface area contributed by atoms with Crippen LogP contribution in [0.3, 0.4) is 0 Å². The lowest BCUT2D eigenvalue weighted by atomic mass is 9.87. The molecule has 0 fully saturated rings. The number of fused-ring (bicyclic) bond motifs is 1. The van der Waals surface area contributed by atoms with E-state index in [9.17, 15) is 14.7 Å². The smallest absolute Gasteiger partial charge is 0.329 e. The second-order valence-electron chi connectivity index (χ2n) is 5.41. The lowest BCUT2D eigenvalue weighted by Crippen LogP contribution is -2.48. The number of carboxylic acid groups (broad SMARTS) is 1. The second-order valence-corrected chi connectivity index (χ2v) is 5.41. The zero-order valence-corrected chi connectivity index (χ0v) is 11.8. The third-order valence-corrected chi connectivity index (χ3v) is 4.04. The summed E-state index contributed by atoms with van der Waals surface area (Å²) in [5.41, 5.74) is 4.71. The van der Waals surface area contributed by atoms with Crippen molar-refractivity contribution in [3.8, 4) is 0 Å². The molecule has 1 aromatic carbocycles. The minimum absolute atomic E-state index is 0.240. The van der Waals surface area contributed by atoms with Crippen LogP contribution in [0.15, 0.2) is 35.3 Å². The van der Waals surface area contributed by atoms with Crippen molar-refractivity contribution in [2.75, 3.05) is 5.73 Å². The number of aliphatic carboxylic acids is 1. The van der Waals surface area contributed by atoms with Gasteiger partial charge in [0, 0.05) is 22.7 Å². The van der Waals surface area contributed by atoms with Gasteiger partial charge in [-0.2, -0.15) is 0 Å². The van der Waals surface area contributed by atoms with Crippen molar-refractivity contribution in [2.45, 2.75) is 26.3 Å². The molecule has 0 saturated carbocycles. The summed E-state index contributed by atoms with van der Waals surface area (Å²) in [6.45, 7) is 5.12. The summed E-state index contributed by atoms with van der Waals surface area (Å²) in [6, 6.07) is 6.75. The molecule has 0 spiro atoms. The molecule has 5 heteroatoms. The standard InChI is InChI=1S/C15H18N2O3/c1-9(2)15(3,14(19)20)17-8-7-10-11(13(17)18)5-4-6-12(10)16/h4-9H,16H2,1-3H3,(H,19,20)/t15-/m1/s1. The van der Waals surface area contributed by atoms with Crippen LogP contribution in [0.5, 0.6) is 0 Å². The Balaban J connectivity index is 2.83. The molecule has 0 amide bonds. The normalized spacial score (nSPS) is 14.4. The Morgan fingerprint density at radius 3 is 2.50 bits per heavy atom. The first-order valence-corrected chi connectivity index (χ1v) is 6.44. The molecule has 1 aromatic heterocycles. The van der Waals surface area contributed by atoms with E-state index in [1.54, 1.807) is 45.0 Å². The van der Waals surface area contributed by atoms with Crippen LogP contribution in [-0.4, -0.2) is 15.6 Å². The molecule has 0 aliphatic heterocycles. The Labute approximate surface area is 116 Å². The number of rotatable bonds is 3. The molecule has 1 heterocycles. The van der Waals surface area contributed by atoms with Crippen LogP contribution < -0.4 is 11.3 Å². The average Bonchev–Trinajstić information content (AvgIpc) is 2.39. The monoisotopic (exact) mass is 274 g/mol. The number of nitrogen functional groups attached to an aromatic ring is 1. The largest absolute Gasteiger partial charge is 0.479 e. The van der Waals surface area contributed by atoms with Gasteiger partial charge in [0.05, 0.1) is 0 Å². The van der Waals surface area contributed by atoms with Crippen LogP contribution in [0, 0.1) is 5.92 Å². The summed E-state index contributed by atoms with van der Waals surface area (Å²) in [5.74, 6) is -1.27. The van der Waals surface area contributed by atoms with Crippen molar-refractivity contribution in [3.63, 3.8) is 0 Å². The number of carboxylic acids is 1. The number of aromatic nitrogens is 1. The fraction of sp³-hybridized carbons (Fsp3) is 0.333. The maximum atomic E-state index is 12.6. The molecular formula is C15H18N2O3. The number of hydrogen-bond acceptors (Lipinski definition) is 3. The predicted molar refractivity (Wildman–Crippen MR) is 78.7 cm³/mol. The van der Waals surface area contributed by atoms with Gasteiger partial charge in [0.2, 0.25) is 0 Å². The van der Waals surface area contributed by atoms with E-state index in [0.29, 0.717) is 16.5 Å². The number of benzene rings is 1. The van der Waals surface area contributed by atoms with Crippen molar-refractivity contribution in [3.05, 3.63) is 40.8 Å². The van der Waals surface area contributed by atoms with Crippen LogP contribution in [0.2, 0.25) is 0 Å². The van der Waals surface area contributed by atoms with E-state index in [0.717, 1.165) is 0 Å². The number of nitrogens with zero attached hydrogens (tertiary/aromatic N) is 1. The van der Waals surface area contributed by atoms with E-state index in [-0.39, 0.29) is 11.5 Å². The van der Waals surface area contributed by atoms with E-state index in [4.69, 9.17) is 5.73 Å². The fourth-order valence-corrected chi connectivity index (χ4v) is 2.30. The van der Waals surface area contributed by atoms with Gasteiger partial charge in [0.15, 0.2) is 0 Å². The molecular weight excluding hydrogens is 256 g/mol. The summed E-state index contributed by atoms with van der Waals surface area (Å²) < 4.78 is 1.28. The van der Waals surface area contributed by atoms with Crippen LogP contribution in [0.25, 0.3) is 10.8 Å². The van der Waals surface area contributed by atoms with Gasteiger partial charge in [-0.05, 0) is 31.0 Å². The zero-order valence-electron chi connectivity index (χ0n) is 11.8. The van der Waals surface area contributed by atoms with Crippen LogP contribution in [0.4, 0.5) is 5.69 Å². The predicted octanol–water partition coefficient (Wildman–Crippen LogP) is 2.04. The topological polar surface area (TPSA) is 85.3 Å². The lowest BCUT2D eigenvalue weighted by molar-refractivity contribution is -0.149. The minimum Gasteiger partial charge on any atom is -0.479 e. The summed E-state index contributed by atoms with van der Waals surface area (Å²) in [5, 5.41) is 10.6. The van der Waals surface area contributed by atoms with Gasteiger partial charge >= 0.3 is 5.97 Å². The van der Waals surface area contributed by atoms with E-state index in [1.165, 1.54) is 10.8 Å². The highest BCUT2D eigenvalue weighted by Gasteiger charge is 2.39. The molecule has 2 aromatic rings. The molecule has 0 unspecified atom stereocenters. The lowest BCUT2D eigenvalue weighted by Gasteiger charge is -2.31. The Hall–Kier alpha value is -2.30. The Morgan fingerprint density at radius 1 is 1.30 bits per heavy atom. The van der Waals surface area contributed by atoms with Gasteiger partial charge in [0.1, 0.15) is 5.54 Å². The number of carbonyl (C=O) groups is 1. The average molecular weight is 274 g/mol. The number of nitrogens with two attached hydrogens (primary N) is 1. The highest BCUT2D eigenvalue weighted by molar-refractivity contribution is 5.92. The van der Waals surface area contributed by atoms with E-state index < -0.39 is 11.5 Å². The third-order valence-electron chi connectivity index (χ3n) is 4.04. The van der Waals surface area contributed by atoms with Crippen LogP contribution in [0.1, 0.15) is 20.8 Å². The fourth-order valence-electron chi connectivity index (χ4n) is 2.30. The van der Waals surface area contributed by atoms with Crippen molar-refractivity contribution >= 4 is 22.4 Å². The molecule has 0 radical (unpaired) electrons. The first-order chi connectivity index (χ1) is 9.30. The first-order valence-electron chi connectivity index (χ1n) is 6.44. The minimum atomic E-state index is -1.30. The molecule has 1 atom stereocenters. The van der Waals surface area contributed by atoms with Crippen molar-refractivity contribution < 1.29 is 9.90 Å². The molecule has 0 saturated heterocycles.